The van der Waals surface area contributed by atoms with E-state index in [-0.39, 0.29) is 5.54 Å². The molecule has 2 heterocycles. The summed E-state index contributed by atoms with van der Waals surface area (Å²) in [5.41, 5.74) is 2.00. The van der Waals surface area contributed by atoms with Crippen LogP contribution in [0.5, 0.6) is 0 Å². The predicted octanol–water partition coefficient (Wildman–Crippen LogP) is 2.81. The number of nitrogens with one attached hydrogen (secondary N) is 1. The lowest BCUT2D eigenvalue weighted by atomic mass is 10.1. The maximum absolute atomic E-state index is 5.25. The van der Waals surface area contributed by atoms with Gasteiger partial charge in [-0.2, -0.15) is 0 Å². The zero-order valence-electron chi connectivity index (χ0n) is 11.6. The average Bonchev–Trinajstić information content (AvgIpc) is 2.73. The fraction of sp³-hybridized carbons (Fsp3) is 0.462. The van der Waals surface area contributed by atoms with Gasteiger partial charge in [0.1, 0.15) is 6.26 Å². The topological polar surface area (TPSA) is 63.8 Å². The molecule has 0 aliphatic rings. The van der Waals surface area contributed by atoms with Crippen molar-refractivity contribution in [3.63, 3.8) is 0 Å². The number of hydrogen-bond acceptors (Lipinski definition) is 6. The van der Waals surface area contributed by atoms with Gasteiger partial charge in [-0.15, -0.1) is 0 Å². The average molecular weight is 278 g/mol. The summed E-state index contributed by atoms with van der Waals surface area (Å²) in [5.74, 6) is 0. The monoisotopic (exact) mass is 278 g/mol. The largest absolute Gasteiger partial charge is 0.439 e. The number of nitrogens with zero attached hydrogens (tertiary/aromatic N) is 3. The zero-order chi connectivity index (χ0) is 13.9. The van der Waals surface area contributed by atoms with Crippen LogP contribution < -0.4 is 5.32 Å². The summed E-state index contributed by atoms with van der Waals surface area (Å²) in [6.45, 7) is 9.03. The summed E-state index contributed by atoms with van der Waals surface area (Å²) in [6.07, 6.45) is 5.26. The van der Waals surface area contributed by atoms with E-state index in [2.05, 4.69) is 41.0 Å². The molecule has 0 aliphatic carbocycles. The Morgan fingerprint density at radius 2 is 1.95 bits per heavy atom. The minimum Gasteiger partial charge on any atom is -0.439 e. The van der Waals surface area contributed by atoms with E-state index in [9.17, 15) is 0 Å². The van der Waals surface area contributed by atoms with Crippen LogP contribution in [0.3, 0.4) is 0 Å². The molecule has 0 amide bonds. The molecule has 2 aromatic heterocycles. The van der Waals surface area contributed by atoms with Crippen LogP contribution in [0.2, 0.25) is 0 Å². The SMILES string of the molecule is Cc1coc(Sc2ncc(CNC(C)(C)C)cn2)n1. The molecule has 0 atom stereocenters. The second-order valence-corrected chi connectivity index (χ2v) is 6.25. The van der Waals surface area contributed by atoms with Crippen LogP contribution >= 0.6 is 11.8 Å². The van der Waals surface area contributed by atoms with Crippen molar-refractivity contribution in [2.45, 2.75) is 50.2 Å². The molecular formula is C13H18N4OS. The number of aromatic nitrogens is 3. The van der Waals surface area contributed by atoms with Crippen molar-refractivity contribution in [3.05, 3.63) is 29.9 Å². The van der Waals surface area contributed by atoms with Crippen LogP contribution in [0.25, 0.3) is 0 Å². The Hall–Kier alpha value is -1.40. The molecule has 1 N–H and O–H groups in total. The van der Waals surface area contributed by atoms with E-state index in [0.29, 0.717) is 10.4 Å². The molecule has 0 unspecified atom stereocenters. The Bertz CT molecular complexity index is 530. The molecule has 102 valence electrons. The third-order valence-corrected chi connectivity index (χ3v) is 3.04. The minimum absolute atomic E-state index is 0.0863. The van der Waals surface area contributed by atoms with Gasteiger partial charge < -0.3 is 9.73 Å². The van der Waals surface area contributed by atoms with Crippen LogP contribution in [0.1, 0.15) is 32.0 Å². The smallest absolute Gasteiger partial charge is 0.263 e. The second kappa shape index (κ2) is 5.71. The lowest BCUT2D eigenvalue weighted by molar-refractivity contribution is 0.423. The highest BCUT2D eigenvalue weighted by atomic mass is 32.2. The van der Waals surface area contributed by atoms with Gasteiger partial charge in [0.15, 0.2) is 5.16 Å². The molecule has 0 spiro atoms. The number of oxazole rings is 1. The molecule has 0 aliphatic heterocycles. The normalized spacial score (nSPS) is 11.8. The molecule has 19 heavy (non-hydrogen) atoms. The molecular weight excluding hydrogens is 260 g/mol. The molecule has 0 fully saturated rings. The zero-order valence-corrected chi connectivity index (χ0v) is 12.4. The first-order chi connectivity index (χ1) is 8.92. The molecule has 0 saturated carbocycles. The highest BCUT2D eigenvalue weighted by Gasteiger charge is 2.09. The van der Waals surface area contributed by atoms with Crippen LogP contribution in [0.4, 0.5) is 0 Å². The quantitative estimate of drug-likeness (QED) is 0.868. The first-order valence-corrected chi connectivity index (χ1v) is 6.90. The van der Waals surface area contributed by atoms with Gasteiger partial charge in [0.05, 0.1) is 5.69 Å². The third kappa shape index (κ3) is 4.65. The Labute approximate surface area is 117 Å². The van der Waals surface area contributed by atoms with Crippen molar-refractivity contribution in [1.29, 1.82) is 0 Å². The van der Waals surface area contributed by atoms with E-state index in [1.54, 1.807) is 6.26 Å². The summed E-state index contributed by atoms with van der Waals surface area (Å²) < 4.78 is 5.25. The van der Waals surface area contributed by atoms with Gasteiger partial charge in [-0.1, -0.05) is 0 Å². The van der Waals surface area contributed by atoms with E-state index in [1.165, 1.54) is 11.8 Å². The molecule has 0 aromatic carbocycles. The second-order valence-electron chi connectivity index (χ2n) is 5.33. The number of hydrogen-bond donors (Lipinski definition) is 1. The molecule has 5 nitrogen and oxygen atoms in total. The van der Waals surface area contributed by atoms with Gasteiger partial charge >= 0.3 is 0 Å². The fourth-order valence-corrected chi connectivity index (χ4v) is 1.96. The van der Waals surface area contributed by atoms with Crippen LogP contribution in [-0.4, -0.2) is 20.5 Å². The molecule has 6 heteroatoms. The van der Waals surface area contributed by atoms with Gasteiger partial charge in [0, 0.05) is 41.8 Å². The van der Waals surface area contributed by atoms with Crippen molar-refractivity contribution in [2.24, 2.45) is 0 Å². The summed E-state index contributed by atoms with van der Waals surface area (Å²) in [4.78, 5) is 12.8. The first kappa shape index (κ1) is 14.0. The van der Waals surface area contributed by atoms with Gasteiger partial charge in [0.2, 0.25) is 0 Å². The van der Waals surface area contributed by atoms with E-state index in [0.717, 1.165) is 17.8 Å². The van der Waals surface area contributed by atoms with Crippen LogP contribution in [0, 0.1) is 6.92 Å². The molecule has 2 rings (SSSR count). The molecule has 0 radical (unpaired) electrons. The van der Waals surface area contributed by atoms with E-state index < -0.39 is 0 Å². The highest BCUT2D eigenvalue weighted by Crippen LogP contribution is 2.23. The van der Waals surface area contributed by atoms with Crippen molar-refractivity contribution in [3.8, 4) is 0 Å². The predicted molar refractivity (Wildman–Crippen MR) is 74.0 cm³/mol. The number of aryl methyl sites for hydroxylation is 1. The summed E-state index contributed by atoms with van der Waals surface area (Å²) in [7, 11) is 0. The van der Waals surface area contributed by atoms with Crippen molar-refractivity contribution >= 4 is 11.8 Å². The Kier molecular flexibility index (Phi) is 4.21. The highest BCUT2D eigenvalue weighted by molar-refractivity contribution is 7.98. The molecule has 0 bridgehead atoms. The van der Waals surface area contributed by atoms with Crippen molar-refractivity contribution in [2.75, 3.05) is 0 Å². The van der Waals surface area contributed by atoms with Crippen molar-refractivity contribution < 1.29 is 4.42 Å². The Balaban J connectivity index is 1.95. The molecule has 0 saturated heterocycles. The lowest BCUT2D eigenvalue weighted by Crippen LogP contribution is -2.35. The molecule has 2 aromatic rings. The van der Waals surface area contributed by atoms with Crippen LogP contribution in [0.15, 0.2) is 33.5 Å². The van der Waals surface area contributed by atoms with Gasteiger partial charge in [-0.25, -0.2) is 15.0 Å². The Morgan fingerprint density at radius 1 is 1.26 bits per heavy atom. The summed E-state index contributed by atoms with van der Waals surface area (Å²) in [5, 5.41) is 4.60. The maximum atomic E-state index is 5.25. The maximum Gasteiger partial charge on any atom is 0.263 e. The third-order valence-electron chi connectivity index (χ3n) is 2.28. The van der Waals surface area contributed by atoms with Gasteiger partial charge in [-0.3, -0.25) is 0 Å². The first-order valence-electron chi connectivity index (χ1n) is 6.08. The minimum atomic E-state index is 0.0863. The summed E-state index contributed by atoms with van der Waals surface area (Å²) in [6, 6.07) is 0. The lowest BCUT2D eigenvalue weighted by Gasteiger charge is -2.20. The standard InChI is InChI=1S/C13H18N4OS/c1-9-8-18-12(17-9)19-11-14-5-10(6-15-11)7-16-13(2,3)4/h5-6,8,16H,7H2,1-4H3. The number of rotatable bonds is 4. The van der Waals surface area contributed by atoms with Gasteiger partial charge in [-0.05, 0) is 27.7 Å². The fourth-order valence-electron chi connectivity index (χ4n) is 1.31. The Morgan fingerprint density at radius 3 is 2.47 bits per heavy atom. The van der Waals surface area contributed by atoms with Crippen molar-refractivity contribution in [1.82, 2.24) is 20.3 Å². The van der Waals surface area contributed by atoms with E-state index in [1.807, 2.05) is 19.3 Å². The van der Waals surface area contributed by atoms with Crippen LogP contribution in [-0.2, 0) is 6.54 Å². The van der Waals surface area contributed by atoms with Gasteiger partial charge in [0.25, 0.3) is 5.22 Å². The van der Waals surface area contributed by atoms with E-state index >= 15 is 0 Å². The summed E-state index contributed by atoms with van der Waals surface area (Å²) >= 11 is 1.32. The van der Waals surface area contributed by atoms with E-state index in [4.69, 9.17) is 4.42 Å².